The van der Waals surface area contributed by atoms with Crippen LogP contribution in [0.4, 0.5) is 5.69 Å². The molecule has 1 aromatic carbocycles. The fourth-order valence-corrected chi connectivity index (χ4v) is 4.44. The molecule has 3 heterocycles. The van der Waals surface area contributed by atoms with E-state index in [4.69, 9.17) is 9.47 Å². The summed E-state index contributed by atoms with van der Waals surface area (Å²) < 4.78 is 10.4. The minimum absolute atomic E-state index is 0.0578. The van der Waals surface area contributed by atoms with Crippen LogP contribution in [0.25, 0.3) is 9.75 Å². The van der Waals surface area contributed by atoms with Gasteiger partial charge in [0.05, 0.1) is 0 Å². The summed E-state index contributed by atoms with van der Waals surface area (Å²) >= 11 is 3.08. The van der Waals surface area contributed by atoms with E-state index in [1.165, 1.54) is 11.3 Å². The summed E-state index contributed by atoms with van der Waals surface area (Å²) in [6, 6.07) is 12.6. The fourth-order valence-electron chi connectivity index (χ4n) is 2.62. The molecule has 0 aliphatic carbocycles. The predicted octanol–water partition coefficient (Wildman–Crippen LogP) is 2.99. The van der Waals surface area contributed by atoms with Crippen LogP contribution in [0.5, 0.6) is 11.5 Å². The van der Waals surface area contributed by atoms with E-state index in [0.717, 1.165) is 14.6 Å². The summed E-state index contributed by atoms with van der Waals surface area (Å²) in [4.78, 5) is 27.0. The van der Waals surface area contributed by atoms with Crippen LogP contribution in [-0.4, -0.2) is 30.3 Å². The Bertz CT molecular complexity index is 1000. The van der Waals surface area contributed by atoms with Gasteiger partial charge in [0.25, 0.3) is 0 Å². The number of fused-ring (bicyclic) bond motifs is 1. The number of aliphatic hydroxyl groups is 1. The Balaban J connectivity index is 1.30. The summed E-state index contributed by atoms with van der Waals surface area (Å²) in [7, 11) is 0. The van der Waals surface area contributed by atoms with Gasteiger partial charge in [0.15, 0.2) is 11.5 Å². The first-order valence-corrected chi connectivity index (χ1v) is 10.1. The molecule has 9 heteroatoms. The molecule has 7 nitrogen and oxygen atoms in total. The van der Waals surface area contributed by atoms with Crippen molar-refractivity contribution < 1.29 is 24.2 Å². The number of ether oxygens (including phenoxy) is 2. The Labute approximate surface area is 168 Å². The molecule has 0 bridgehead atoms. The van der Waals surface area contributed by atoms with Gasteiger partial charge >= 0.3 is 11.8 Å². The van der Waals surface area contributed by atoms with Crippen molar-refractivity contribution >= 4 is 40.2 Å². The first-order valence-electron chi connectivity index (χ1n) is 8.40. The van der Waals surface area contributed by atoms with Gasteiger partial charge in [-0.15, -0.1) is 22.7 Å². The first kappa shape index (κ1) is 18.5. The summed E-state index contributed by atoms with van der Waals surface area (Å²) in [5.74, 6) is -0.556. The van der Waals surface area contributed by atoms with Crippen molar-refractivity contribution in [3.8, 4) is 21.3 Å². The smallest absolute Gasteiger partial charge is 0.313 e. The van der Waals surface area contributed by atoms with Gasteiger partial charge < -0.3 is 25.2 Å². The van der Waals surface area contributed by atoms with E-state index in [-0.39, 0.29) is 13.3 Å². The van der Waals surface area contributed by atoms with Crippen molar-refractivity contribution in [1.82, 2.24) is 5.32 Å². The summed E-state index contributed by atoms with van der Waals surface area (Å²) in [5, 5.41) is 17.2. The molecule has 0 saturated carbocycles. The van der Waals surface area contributed by atoms with Crippen LogP contribution in [0, 0.1) is 0 Å². The van der Waals surface area contributed by atoms with Crippen LogP contribution in [0.1, 0.15) is 11.0 Å². The van der Waals surface area contributed by atoms with Crippen molar-refractivity contribution in [3.63, 3.8) is 0 Å². The molecule has 0 radical (unpaired) electrons. The predicted molar refractivity (Wildman–Crippen MR) is 107 cm³/mol. The molecule has 0 fully saturated rings. The molecule has 0 saturated heterocycles. The number of aliphatic hydroxyl groups excluding tert-OH is 1. The monoisotopic (exact) mass is 416 g/mol. The highest BCUT2D eigenvalue weighted by Crippen LogP contribution is 2.35. The molecule has 1 aliphatic heterocycles. The molecule has 4 rings (SSSR count). The van der Waals surface area contributed by atoms with E-state index >= 15 is 0 Å². The van der Waals surface area contributed by atoms with Crippen molar-refractivity contribution in [2.45, 2.75) is 6.10 Å². The van der Waals surface area contributed by atoms with Gasteiger partial charge in [-0.25, -0.2) is 0 Å². The number of nitrogens with one attached hydrogen (secondary N) is 2. The van der Waals surface area contributed by atoms with E-state index in [9.17, 15) is 14.7 Å². The second-order valence-corrected chi connectivity index (χ2v) is 7.99. The zero-order chi connectivity index (χ0) is 19.5. The molecule has 28 heavy (non-hydrogen) atoms. The lowest BCUT2D eigenvalue weighted by Gasteiger charge is -2.10. The van der Waals surface area contributed by atoms with Gasteiger partial charge in [0.1, 0.15) is 6.10 Å². The maximum atomic E-state index is 12.0. The SMILES string of the molecule is O=C(NCC(O)c1ccc(-c2cccs2)s1)C(=O)Nc1ccc2c(c1)OCO2. The quantitative estimate of drug-likeness (QED) is 0.556. The topological polar surface area (TPSA) is 96.9 Å². The second-order valence-electron chi connectivity index (χ2n) is 5.93. The second kappa shape index (κ2) is 8.01. The molecule has 2 aromatic heterocycles. The Morgan fingerprint density at radius 2 is 1.93 bits per heavy atom. The van der Waals surface area contributed by atoms with Gasteiger partial charge in [0, 0.05) is 32.9 Å². The molecule has 3 aromatic rings. The maximum Gasteiger partial charge on any atom is 0.313 e. The Morgan fingerprint density at radius 3 is 2.75 bits per heavy atom. The number of anilines is 1. The van der Waals surface area contributed by atoms with Crippen LogP contribution >= 0.6 is 22.7 Å². The van der Waals surface area contributed by atoms with Gasteiger partial charge in [-0.2, -0.15) is 0 Å². The highest BCUT2D eigenvalue weighted by Gasteiger charge is 2.19. The molecule has 1 atom stereocenters. The lowest BCUT2D eigenvalue weighted by atomic mass is 10.2. The molecule has 3 N–H and O–H groups in total. The minimum atomic E-state index is -0.888. The van der Waals surface area contributed by atoms with Crippen LogP contribution in [0.2, 0.25) is 0 Å². The van der Waals surface area contributed by atoms with Gasteiger partial charge in [-0.1, -0.05) is 6.07 Å². The highest BCUT2D eigenvalue weighted by molar-refractivity contribution is 7.21. The maximum absolute atomic E-state index is 12.0. The lowest BCUT2D eigenvalue weighted by molar-refractivity contribution is -0.136. The molecular formula is C19H16N2O5S2. The summed E-state index contributed by atoms with van der Waals surface area (Å²) in [5.41, 5.74) is 0.420. The van der Waals surface area contributed by atoms with Gasteiger partial charge in [-0.3, -0.25) is 9.59 Å². The van der Waals surface area contributed by atoms with Crippen molar-refractivity contribution in [1.29, 1.82) is 0 Å². The number of benzene rings is 1. The van der Waals surface area contributed by atoms with E-state index in [1.807, 2.05) is 29.6 Å². The molecule has 2 amide bonds. The molecule has 144 valence electrons. The number of amides is 2. The van der Waals surface area contributed by atoms with E-state index in [1.54, 1.807) is 29.5 Å². The van der Waals surface area contributed by atoms with Gasteiger partial charge in [0.2, 0.25) is 6.79 Å². The summed E-state index contributed by atoms with van der Waals surface area (Å²) in [6.07, 6.45) is -0.888. The number of hydrogen-bond donors (Lipinski definition) is 3. The molecule has 1 aliphatic rings. The highest BCUT2D eigenvalue weighted by atomic mass is 32.1. The van der Waals surface area contributed by atoms with Crippen LogP contribution in [0.3, 0.4) is 0 Å². The van der Waals surface area contributed by atoms with Crippen LogP contribution < -0.4 is 20.1 Å². The Morgan fingerprint density at radius 1 is 1.07 bits per heavy atom. The Hall–Kier alpha value is -2.88. The van der Waals surface area contributed by atoms with Crippen molar-refractivity contribution in [2.24, 2.45) is 0 Å². The number of hydrogen-bond acceptors (Lipinski definition) is 7. The Kier molecular flexibility index (Phi) is 5.29. The largest absolute Gasteiger partial charge is 0.454 e. The third-order valence-corrected chi connectivity index (χ3v) is 6.26. The number of carbonyl (C=O) groups excluding carboxylic acids is 2. The standard InChI is InChI=1S/C19H16N2O5S2/c22-12(15-5-6-17(28-15)16-2-1-7-27-16)9-20-18(23)19(24)21-11-3-4-13-14(8-11)26-10-25-13/h1-8,12,22H,9-10H2,(H,20,23)(H,21,24). The molecule has 1 unspecified atom stereocenters. The number of thiophene rings is 2. The van der Waals surface area contributed by atoms with E-state index < -0.39 is 17.9 Å². The van der Waals surface area contributed by atoms with Crippen molar-refractivity contribution in [2.75, 3.05) is 18.7 Å². The molecular weight excluding hydrogens is 400 g/mol. The average molecular weight is 416 g/mol. The minimum Gasteiger partial charge on any atom is -0.454 e. The third-order valence-electron chi connectivity index (χ3n) is 4.01. The van der Waals surface area contributed by atoms with Gasteiger partial charge in [-0.05, 0) is 35.7 Å². The first-order chi connectivity index (χ1) is 13.6. The van der Waals surface area contributed by atoms with Crippen LogP contribution in [0.15, 0.2) is 47.8 Å². The number of rotatable bonds is 5. The average Bonchev–Trinajstić information content (AvgIpc) is 3.45. The van der Waals surface area contributed by atoms with Crippen molar-refractivity contribution in [3.05, 3.63) is 52.7 Å². The number of carbonyl (C=O) groups is 2. The summed E-state index contributed by atoms with van der Waals surface area (Å²) in [6.45, 7) is 0.0693. The third kappa shape index (κ3) is 4.01. The van der Waals surface area contributed by atoms with E-state index in [0.29, 0.717) is 17.2 Å². The fraction of sp³-hybridized carbons (Fsp3) is 0.158. The zero-order valence-corrected chi connectivity index (χ0v) is 16.1. The van der Waals surface area contributed by atoms with Crippen LogP contribution in [-0.2, 0) is 9.59 Å². The zero-order valence-electron chi connectivity index (χ0n) is 14.5. The molecule has 0 spiro atoms. The lowest BCUT2D eigenvalue weighted by Crippen LogP contribution is -2.37. The normalized spacial score (nSPS) is 13.2. The van der Waals surface area contributed by atoms with E-state index in [2.05, 4.69) is 10.6 Å².